The minimum atomic E-state index is -0.207. The van der Waals surface area contributed by atoms with Crippen molar-refractivity contribution in [1.82, 2.24) is 4.90 Å². The zero-order chi connectivity index (χ0) is 15.7. The third-order valence-electron chi connectivity index (χ3n) is 3.90. The molecule has 2 aromatic carbocycles. The Labute approximate surface area is 129 Å². The van der Waals surface area contributed by atoms with E-state index in [4.69, 9.17) is 5.73 Å². The number of nitrogens with one attached hydrogen (secondary N) is 1. The van der Waals surface area contributed by atoms with Gasteiger partial charge in [0.2, 0.25) is 0 Å². The molecule has 3 N–H and O–H groups in total. The van der Waals surface area contributed by atoms with E-state index in [0.717, 1.165) is 22.9 Å². The van der Waals surface area contributed by atoms with Gasteiger partial charge in [0.15, 0.2) is 0 Å². The van der Waals surface area contributed by atoms with Crippen LogP contribution in [0, 0.1) is 0 Å². The highest BCUT2D eigenvalue weighted by molar-refractivity contribution is 6.26. The summed E-state index contributed by atoms with van der Waals surface area (Å²) < 4.78 is 0. The second-order valence-corrected chi connectivity index (χ2v) is 5.37. The van der Waals surface area contributed by atoms with Gasteiger partial charge in [-0.15, -0.1) is 0 Å². The van der Waals surface area contributed by atoms with Crippen LogP contribution in [-0.2, 0) is 0 Å². The van der Waals surface area contributed by atoms with Gasteiger partial charge in [-0.3, -0.25) is 14.5 Å². The lowest BCUT2D eigenvalue weighted by atomic mass is 9.93. The van der Waals surface area contributed by atoms with Crippen molar-refractivity contribution >= 4 is 28.3 Å². The Morgan fingerprint density at radius 1 is 1.09 bits per heavy atom. The molecule has 0 saturated carbocycles. The number of carbonyl (C=O) groups excluding carboxylic acids is 2. The van der Waals surface area contributed by atoms with E-state index in [1.165, 1.54) is 4.90 Å². The number of imide groups is 1. The molecule has 0 atom stereocenters. The van der Waals surface area contributed by atoms with Crippen molar-refractivity contribution in [3.8, 4) is 0 Å². The minimum Gasteiger partial charge on any atom is -0.383 e. The highest BCUT2D eigenvalue weighted by Crippen LogP contribution is 2.34. The number of rotatable bonds is 5. The van der Waals surface area contributed by atoms with E-state index in [1.54, 1.807) is 12.1 Å². The van der Waals surface area contributed by atoms with E-state index in [-0.39, 0.29) is 11.8 Å². The summed E-state index contributed by atoms with van der Waals surface area (Å²) >= 11 is 0. The quantitative estimate of drug-likeness (QED) is 0.830. The maximum Gasteiger partial charge on any atom is 0.261 e. The van der Waals surface area contributed by atoms with Crippen molar-refractivity contribution in [3.05, 3.63) is 41.5 Å². The van der Waals surface area contributed by atoms with E-state index in [2.05, 4.69) is 5.32 Å². The van der Waals surface area contributed by atoms with Crippen LogP contribution in [0.5, 0.6) is 0 Å². The number of nitrogens with two attached hydrogens (primary N) is 1. The fourth-order valence-corrected chi connectivity index (χ4v) is 2.93. The number of hydrogen-bond acceptors (Lipinski definition) is 4. The van der Waals surface area contributed by atoms with Crippen LogP contribution in [0.25, 0.3) is 10.8 Å². The average Bonchev–Trinajstić information content (AvgIpc) is 2.54. The van der Waals surface area contributed by atoms with Gasteiger partial charge in [0.1, 0.15) is 0 Å². The lowest BCUT2D eigenvalue weighted by Crippen LogP contribution is -2.40. The van der Waals surface area contributed by atoms with Crippen LogP contribution in [0.3, 0.4) is 0 Å². The summed E-state index contributed by atoms with van der Waals surface area (Å²) in [6, 6.07) is 9.25. The molecule has 0 aromatic heterocycles. The summed E-state index contributed by atoms with van der Waals surface area (Å²) in [6.07, 6.45) is 0.749. The molecule has 1 aliphatic heterocycles. The Balaban J connectivity index is 2.20. The third kappa shape index (κ3) is 2.14. The van der Waals surface area contributed by atoms with Crippen LogP contribution in [0.2, 0.25) is 0 Å². The van der Waals surface area contributed by atoms with Crippen LogP contribution in [0.4, 0.5) is 5.69 Å². The third-order valence-corrected chi connectivity index (χ3v) is 3.90. The molecule has 0 aliphatic carbocycles. The summed E-state index contributed by atoms with van der Waals surface area (Å²) in [5.41, 5.74) is 7.62. The van der Waals surface area contributed by atoms with E-state index in [9.17, 15) is 9.59 Å². The van der Waals surface area contributed by atoms with Crippen LogP contribution < -0.4 is 11.1 Å². The Morgan fingerprint density at radius 3 is 2.50 bits per heavy atom. The van der Waals surface area contributed by atoms with Crippen molar-refractivity contribution in [3.63, 3.8) is 0 Å². The van der Waals surface area contributed by atoms with Crippen LogP contribution in [0.1, 0.15) is 34.1 Å². The molecular formula is C17H19N3O2. The number of anilines is 1. The Hall–Kier alpha value is -2.40. The fourth-order valence-electron chi connectivity index (χ4n) is 2.93. The molecule has 0 spiro atoms. The molecule has 114 valence electrons. The first-order valence-electron chi connectivity index (χ1n) is 7.55. The Morgan fingerprint density at radius 2 is 1.82 bits per heavy atom. The first-order chi connectivity index (χ1) is 10.7. The number of hydrogen-bond donors (Lipinski definition) is 2. The molecule has 2 aromatic rings. The molecule has 0 unspecified atom stereocenters. The van der Waals surface area contributed by atoms with Gasteiger partial charge in [0.05, 0.1) is 0 Å². The summed E-state index contributed by atoms with van der Waals surface area (Å²) in [5.74, 6) is -0.415. The maximum absolute atomic E-state index is 12.6. The van der Waals surface area contributed by atoms with Gasteiger partial charge >= 0.3 is 0 Å². The summed E-state index contributed by atoms with van der Waals surface area (Å²) in [5, 5.41) is 4.88. The monoisotopic (exact) mass is 297 g/mol. The Kier molecular flexibility index (Phi) is 3.81. The second kappa shape index (κ2) is 5.77. The van der Waals surface area contributed by atoms with E-state index < -0.39 is 0 Å². The SMILES string of the molecule is CCCN1C(=O)c2cccc3c(NCCN)ccc(c23)C1=O. The largest absolute Gasteiger partial charge is 0.383 e. The van der Waals surface area contributed by atoms with Crippen molar-refractivity contribution in [2.45, 2.75) is 13.3 Å². The molecule has 2 amide bonds. The highest BCUT2D eigenvalue weighted by Gasteiger charge is 2.32. The molecule has 0 fully saturated rings. The summed E-state index contributed by atoms with van der Waals surface area (Å²) in [6.45, 7) is 3.56. The maximum atomic E-state index is 12.6. The molecule has 1 heterocycles. The lowest BCUT2D eigenvalue weighted by Gasteiger charge is -2.27. The predicted molar refractivity (Wildman–Crippen MR) is 87.2 cm³/mol. The smallest absolute Gasteiger partial charge is 0.261 e. The molecule has 3 rings (SSSR count). The zero-order valence-corrected chi connectivity index (χ0v) is 12.6. The molecule has 1 aliphatic rings. The number of amides is 2. The second-order valence-electron chi connectivity index (χ2n) is 5.37. The van der Waals surface area contributed by atoms with Crippen molar-refractivity contribution in [2.75, 3.05) is 25.0 Å². The van der Waals surface area contributed by atoms with Gasteiger partial charge in [0.25, 0.3) is 11.8 Å². The lowest BCUT2D eigenvalue weighted by molar-refractivity contribution is 0.0611. The van der Waals surface area contributed by atoms with E-state index in [1.807, 2.05) is 25.1 Å². The molecule has 22 heavy (non-hydrogen) atoms. The van der Waals surface area contributed by atoms with Crippen LogP contribution >= 0.6 is 0 Å². The molecule has 0 bridgehead atoms. The topological polar surface area (TPSA) is 75.4 Å². The van der Waals surface area contributed by atoms with Gasteiger partial charge < -0.3 is 11.1 Å². The van der Waals surface area contributed by atoms with Gasteiger partial charge in [-0.25, -0.2) is 0 Å². The van der Waals surface area contributed by atoms with Gasteiger partial charge in [-0.2, -0.15) is 0 Å². The fraction of sp³-hybridized carbons (Fsp3) is 0.294. The van der Waals surface area contributed by atoms with Crippen LogP contribution in [-0.4, -0.2) is 36.3 Å². The minimum absolute atomic E-state index is 0.207. The van der Waals surface area contributed by atoms with Gasteiger partial charge in [-0.05, 0) is 24.6 Å². The van der Waals surface area contributed by atoms with Crippen molar-refractivity contribution in [1.29, 1.82) is 0 Å². The molecule has 0 radical (unpaired) electrons. The van der Waals surface area contributed by atoms with Crippen molar-refractivity contribution < 1.29 is 9.59 Å². The molecule has 0 saturated heterocycles. The van der Waals surface area contributed by atoms with E-state index in [0.29, 0.717) is 30.8 Å². The number of carbonyl (C=O) groups is 2. The summed E-state index contributed by atoms with van der Waals surface area (Å²) in [7, 11) is 0. The number of benzene rings is 2. The summed E-state index contributed by atoms with van der Waals surface area (Å²) in [4.78, 5) is 26.5. The van der Waals surface area contributed by atoms with Gasteiger partial charge in [0, 0.05) is 47.2 Å². The molecular weight excluding hydrogens is 278 g/mol. The predicted octanol–water partition coefficient (Wildman–Crippen LogP) is 2.22. The highest BCUT2D eigenvalue weighted by atomic mass is 16.2. The normalized spacial score (nSPS) is 13.8. The van der Waals surface area contributed by atoms with Crippen molar-refractivity contribution in [2.24, 2.45) is 5.73 Å². The molecule has 5 nitrogen and oxygen atoms in total. The molecule has 5 heteroatoms. The van der Waals surface area contributed by atoms with Crippen LogP contribution in [0.15, 0.2) is 30.3 Å². The number of nitrogens with zero attached hydrogens (tertiary/aromatic N) is 1. The first-order valence-corrected chi connectivity index (χ1v) is 7.55. The average molecular weight is 297 g/mol. The van der Waals surface area contributed by atoms with E-state index >= 15 is 0 Å². The van der Waals surface area contributed by atoms with Gasteiger partial charge in [-0.1, -0.05) is 19.1 Å². The Bertz CT molecular complexity index is 733. The first kappa shape index (κ1) is 14.5. The zero-order valence-electron chi connectivity index (χ0n) is 12.6. The standard InChI is InChI=1S/C17H19N3O2/c1-2-10-20-16(21)12-5-3-4-11-14(19-9-8-18)7-6-13(15(11)12)17(20)22/h3-7,19H,2,8-10,18H2,1H3.